The second kappa shape index (κ2) is 9.26. The van der Waals surface area contributed by atoms with E-state index in [-0.39, 0.29) is 0 Å². The van der Waals surface area contributed by atoms with Gasteiger partial charge in [0.2, 0.25) is 0 Å². The highest BCUT2D eigenvalue weighted by atomic mass is 15.3. The molecule has 0 radical (unpaired) electrons. The minimum Gasteiger partial charge on any atom is -0.367 e. The maximum atomic E-state index is 4.46. The van der Waals surface area contributed by atoms with E-state index >= 15 is 0 Å². The van der Waals surface area contributed by atoms with Gasteiger partial charge in [0.1, 0.15) is 0 Å². The first-order chi connectivity index (χ1) is 12.7. The molecule has 2 fully saturated rings. The standard InChI is InChI=1S/C19H35N7/c1-4-25-10-6-5-9-17(25)12-21-19(20-2)23-16-8-7-11-26(14-16)18-13-22-24(3)15-18/h13,15-17H,4-12,14H2,1-3H3,(H2,20,21,23). The van der Waals surface area contributed by atoms with E-state index in [0.717, 1.165) is 32.1 Å². The monoisotopic (exact) mass is 361 g/mol. The number of aromatic nitrogens is 2. The minimum atomic E-state index is 0.420. The zero-order valence-corrected chi connectivity index (χ0v) is 16.6. The summed E-state index contributed by atoms with van der Waals surface area (Å²) in [6, 6.07) is 1.05. The molecule has 1 aromatic heterocycles. The van der Waals surface area contributed by atoms with Crippen LogP contribution in [0.4, 0.5) is 5.69 Å². The van der Waals surface area contributed by atoms with Gasteiger partial charge in [-0.25, -0.2) is 0 Å². The number of guanidine groups is 1. The van der Waals surface area contributed by atoms with Crippen molar-refractivity contribution < 1.29 is 0 Å². The van der Waals surface area contributed by atoms with Crippen molar-refractivity contribution in [1.29, 1.82) is 0 Å². The summed E-state index contributed by atoms with van der Waals surface area (Å²) in [5.74, 6) is 0.935. The van der Waals surface area contributed by atoms with E-state index < -0.39 is 0 Å². The Morgan fingerprint density at radius 1 is 1.27 bits per heavy atom. The Hall–Kier alpha value is -1.76. The third-order valence-corrected chi connectivity index (χ3v) is 5.70. The van der Waals surface area contributed by atoms with Crippen LogP contribution >= 0.6 is 0 Å². The quantitative estimate of drug-likeness (QED) is 0.614. The fourth-order valence-corrected chi connectivity index (χ4v) is 4.21. The maximum absolute atomic E-state index is 4.46. The highest BCUT2D eigenvalue weighted by Gasteiger charge is 2.23. The van der Waals surface area contributed by atoms with Crippen LogP contribution in [0.5, 0.6) is 0 Å². The molecule has 0 spiro atoms. The zero-order chi connectivity index (χ0) is 18.4. The van der Waals surface area contributed by atoms with Crippen LogP contribution < -0.4 is 15.5 Å². The third-order valence-electron chi connectivity index (χ3n) is 5.70. The molecule has 2 atom stereocenters. The van der Waals surface area contributed by atoms with E-state index in [4.69, 9.17) is 0 Å². The van der Waals surface area contributed by atoms with Gasteiger partial charge in [-0.1, -0.05) is 13.3 Å². The van der Waals surface area contributed by atoms with Crippen LogP contribution in [-0.4, -0.2) is 72.5 Å². The number of likely N-dealkylation sites (tertiary alicyclic amines) is 1. The first-order valence-electron chi connectivity index (χ1n) is 10.1. The van der Waals surface area contributed by atoms with E-state index in [1.165, 1.54) is 44.3 Å². The molecule has 2 unspecified atom stereocenters. The Morgan fingerprint density at radius 3 is 2.88 bits per heavy atom. The lowest BCUT2D eigenvalue weighted by molar-refractivity contribution is 0.157. The molecular weight excluding hydrogens is 326 g/mol. The van der Waals surface area contributed by atoms with Crippen molar-refractivity contribution >= 4 is 11.6 Å². The molecule has 2 saturated heterocycles. The first-order valence-corrected chi connectivity index (χ1v) is 10.1. The lowest BCUT2D eigenvalue weighted by atomic mass is 10.0. The fraction of sp³-hybridized carbons (Fsp3) is 0.789. The molecule has 7 heteroatoms. The summed E-state index contributed by atoms with van der Waals surface area (Å²) in [5, 5.41) is 11.5. The van der Waals surface area contributed by atoms with Gasteiger partial charge in [0.05, 0.1) is 11.9 Å². The summed E-state index contributed by atoms with van der Waals surface area (Å²) < 4.78 is 1.87. The van der Waals surface area contributed by atoms with Crippen LogP contribution in [0.1, 0.15) is 39.0 Å². The zero-order valence-electron chi connectivity index (χ0n) is 16.6. The normalized spacial score (nSPS) is 25.3. The molecule has 0 aliphatic carbocycles. The summed E-state index contributed by atoms with van der Waals surface area (Å²) in [7, 11) is 3.84. The van der Waals surface area contributed by atoms with Crippen LogP contribution in [0, 0.1) is 0 Å². The molecule has 26 heavy (non-hydrogen) atoms. The van der Waals surface area contributed by atoms with Gasteiger partial charge in [-0.05, 0) is 38.8 Å². The largest absolute Gasteiger partial charge is 0.367 e. The number of aryl methyl sites for hydroxylation is 1. The molecule has 0 bridgehead atoms. The molecule has 2 aliphatic heterocycles. The van der Waals surface area contributed by atoms with Gasteiger partial charge in [0.15, 0.2) is 5.96 Å². The number of nitrogens with one attached hydrogen (secondary N) is 2. The van der Waals surface area contributed by atoms with Gasteiger partial charge in [0, 0.05) is 52.0 Å². The highest BCUT2D eigenvalue weighted by molar-refractivity contribution is 5.80. The SMILES string of the molecule is CCN1CCCCC1CNC(=NC)NC1CCCN(c2cnn(C)c2)C1. The minimum absolute atomic E-state index is 0.420. The predicted molar refractivity (Wildman–Crippen MR) is 108 cm³/mol. The first kappa shape index (κ1) is 19.0. The number of rotatable bonds is 5. The van der Waals surface area contributed by atoms with Crippen LogP contribution in [0.15, 0.2) is 17.4 Å². The van der Waals surface area contributed by atoms with Gasteiger partial charge in [-0.2, -0.15) is 5.10 Å². The van der Waals surface area contributed by atoms with Gasteiger partial charge < -0.3 is 15.5 Å². The van der Waals surface area contributed by atoms with Crippen LogP contribution in [0.3, 0.4) is 0 Å². The topological polar surface area (TPSA) is 60.7 Å². The average molecular weight is 362 g/mol. The molecule has 2 aliphatic rings. The number of aliphatic imine (C=N–C) groups is 1. The average Bonchev–Trinajstić information content (AvgIpc) is 3.12. The molecular formula is C19H35N7. The molecule has 0 aromatic carbocycles. The number of piperidine rings is 2. The lowest BCUT2D eigenvalue weighted by Crippen LogP contribution is -2.54. The van der Waals surface area contributed by atoms with Crippen molar-refractivity contribution in [2.45, 2.75) is 51.1 Å². The summed E-state index contributed by atoms with van der Waals surface area (Å²) in [5.41, 5.74) is 1.21. The maximum Gasteiger partial charge on any atom is 0.191 e. The number of nitrogens with zero attached hydrogens (tertiary/aromatic N) is 5. The van der Waals surface area contributed by atoms with Crippen molar-refractivity contribution in [3.05, 3.63) is 12.4 Å². The second-order valence-electron chi connectivity index (χ2n) is 7.53. The Kier molecular flexibility index (Phi) is 6.77. The molecule has 1 aromatic rings. The molecule has 0 amide bonds. The predicted octanol–water partition coefficient (Wildman–Crippen LogP) is 1.43. The van der Waals surface area contributed by atoms with E-state index in [9.17, 15) is 0 Å². The molecule has 146 valence electrons. The summed E-state index contributed by atoms with van der Waals surface area (Å²) in [6.45, 7) is 7.71. The summed E-state index contributed by atoms with van der Waals surface area (Å²) in [4.78, 5) is 9.47. The van der Waals surface area contributed by atoms with E-state index in [0.29, 0.717) is 12.1 Å². The highest BCUT2D eigenvalue weighted by Crippen LogP contribution is 2.19. The van der Waals surface area contributed by atoms with Crippen molar-refractivity contribution in [3.8, 4) is 0 Å². The lowest BCUT2D eigenvalue weighted by Gasteiger charge is -2.36. The van der Waals surface area contributed by atoms with Gasteiger partial charge in [0.25, 0.3) is 0 Å². The smallest absolute Gasteiger partial charge is 0.191 e. The van der Waals surface area contributed by atoms with Crippen molar-refractivity contribution in [1.82, 2.24) is 25.3 Å². The number of hydrogen-bond donors (Lipinski definition) is 2. The number of anilines is 1. The molecule has 3 rings (SSSR count). The van der Waals surface area contributed by atoms with Gasteiger partial charge in [-0.15, -0.1) is 0 Å². The Balaban J connectivity index is 1.49. The Morgan fingerprint density at radius 2 is 2.15 bits per heavy atom. The summed E-state index contributed by atoms with van der Waals surface area (Å²) >= 11 is 0. The van der Waals surface area contributed by atoms with E-state index in [2.05, 4.69) is 43.6 Å². The van der Waals surface area contributed by atoms with Crippen molar-refractivity contribution in [3.63, 3.8) is 0 Å². The molecule has 0 saturated carbocycles. The third kappa shape index (κ3) is 4.90. The molecule has 3 heterocycles. The molecule has 7 nitrogen and oxygen atoms in total. The Bertz CT molecular complexity index is 582. The van der Waals surface area contributed by atoms with E-state index in [1.54, 1.807) is 0 Å². The number of hydrogen-bond acceptors (Lipinski definition) is 4. The van der Waals surface area contributed by atoms with Crippen LogP contribution in [-0.2, 0) is 7.05 Å². The van der Waals surface area contributed by atoms with Crippen molar-refractivity contribution in [2.75, 3.05) is 44.7 Å². The van der Waals surface area contributed by atoms with Crippen LogP contribution in [0.25, 0.3) is 0 Å². The second-order valence-corrected chi connectivity index (χ2v) is 7.53. The Labute approximate surface area is 157 Å². The van der Waals surface area contributed by atoms with Crippen LogP contribution in [0.2, 0.25) is 0 Å². The van der Waals surface area contributed by atoms with E-state index in [1.807, 2.05) is 25.0 Å². The summed E-state index contributed by atoms with van der Waals surface area (Å²) in [6.07, 6.45) is 10.4. The van der Waals surface area contributed by atoms with Crippen molar-refractivity contribution in [2.24, 2.45) is 12.0 Å². The fourth-order valence-electron chi connectivity index (χ4n) is 4.21. The molecule has 2 N–H and O–H groups in total. The van der Waals surface area contributed by atoms with Gasteiger partial charge in [-0.3, -0.25) is 14.6 Å². The number of likely N-dealkylation sites (N-methyl/N-ethyl adjacent to an activating group) is 1. The van der Waals surface area contributed by atoms with Gasteiger partial charge >= 0.3 is 0 Å².